The first-order valence-electron chi connectivity index (χ1n) is 7.64. The number of fused-ring (bicyclic) bond motifs is 1. The summed E-state index contributed by atoms with van der Waals surface area (Å²) in [5.41, 5.74) is 3.03. The molecular weight excluding hydrogens is 318 g/mol. The number of methoxy groups -OCH3 is 1. The molecule has 5 heteroatoms. The molecule has 0 amide bonds. The zero-order valence-corrected chi connectivity index (χ0v) is 14.0. The molecule has 0 aliphatic carbocycles. The Bertz CT molecular complexity index is 1050. The lowest BCUT2D eigenvalue weighted by molar-refractivity contribution is -0.576. The third kappa shape index (κ3) is 2.30. The number of hydrogen-bond donors (Lipinski definition) is 0. The fraction of sp³-hybridized carbons (Fsp3) is 0.0526. The van der Waals surface area contributed by atoms with Crippen LogP contribution >= 0.6 is 12.2 Å². The number of benzene rings is 2. The van der Waals surface area contributed by atoms with E-state index in [1.165, 1.54) is 0 Å². The van der Waals surface area contributed by atoms with Crippen molar-refractivity contribution >= 4 is 17.9 Å². The Morgan fingerprint density at radius 1 is 0.875 bits per heavy atom. The second-order valence-corrected chi connectivity index (χ2v) is 5.73. The molecule has 24 heavy (non-hydrogen) atoms. The van der Waals surface area contributed by atoms with Gasteiger partial charge in [-0.15, -0.1) is 4.52 Å². The van der Waals surface area contributed by atoms with Crippen LogP contribution in [0.15, 0.2) is 79.0 Å². The van der Waals surface area contributed by atoms with Crippen LogP contribution in [0.1, 0.15) is 0 Å². The highest BCUT2D eigenvalue weighted by molar-refractivity contribution is 7.71. The summed E-state index contributed by atoms with van der Waals surface area (Å²) in [6.07, 6.45) is 2.01. The van der Waals surface area contributed by atoms with Crippen LogP contribution in [0.5, 0.6) is 5.75 Å². The summed E-state index contributed by atoms with van der Waals surface area (Å²) in [4.78, 5) is 0. The number of para-hydroxylation sites is 1. The van der Waals surface area contributed by atoms with Gasteiger partial charge in [-0.1, -0.05) is 28.9 Å². The van der Waals surface area contributed by atoms with Crippen molar-refractivity contribution in [2.75, 3.05) is 7.11 Å². The first kappa shape index (κ1) is 14.7. The molecular formula is C19H16N3OS+. The van der Waals surface area contributed by atoms with Gasteiger partial charge in [0.2, 0.25) is 0 Å². The minimum atomic E-state index is 0.706. The number of ether oxygens (including phenoxy) is 1. The topological polar surface area (TPSA) is 22.4 Å². The maximum atomic E-state index is 5.79. The summed E-state index contributed by atoms with van der Waals surface area (Å²) >= 11 is 5.79. The van der Waals surface area contributed by atoms with Crippen LogP contribution in [0.2, 0.25) is 0 Å². The van der Waals surface area contributed by atoms with Gasteiger partial charge in [0, 0.05) is 6.07 Å². The number of pyridine rings is 1. The Hall–Kier alpha value is -2.92. The van der Waals surface area contributed by atoms with Gasteiger partial charge < -0.3 is 4.74 Å². The molecule has 0 saturated heterocycles. The molecule has 0 spiro atoms. The average molecular weight is 334 g/mol. The van der Waals surface area contributed by atoms with E-state index in [1.54, 1.807) is 7.11 Å². The van der Waals surface area contributed by atoms with Crippen LogP contribution in [-0.2, 0) is 0 Å². The zero-order chi connectivity index (χ0) is 16.5. The fourth-order valence-electron chi connectivity index (χ4n) is 2.83. The highest BCUT2D eigenvalue weighted by Crippen LogP contribution is 2.17. The van der Waals surface area contributed by atoms with Gasteiger partial charge in [-0.05, 0) is 54.7 Å². The van der Waals surface area contributed by atoms with E-state index in [1.807, 2.05) is 65.5 Å². The summed E-state index contributed by atoms with van der Waals surface area (Å²) in [7, 11) is 1.66. The Kier molecular flexibility index (Phi) is 3.63. The maximum absolute atomic E-state index is 5.79. The van der Waals surface area contributed by atoms with E-state index in [9.17, 15) is 0 Å². The highest BCUT2D eigenvalue weighted by Gasteiger charge is 2.21. The van der Waals surface area contributed by atoms with E-state index in [2.05, 4.69) is 27.3 Å². The molecule has 4 aromatic rings. The Balaban J connectivity index is 2.03. The van der Waals surface area contributed by atoms with Gasteiger partial charge in [-0.3, -0.25) is 0 Å². The van der Waals surface area contributed by atoms with Crippen molar-refractivity contribution in [3.8, 4) is 17.1 Å². The van der Waals surface area contributed by atoms with E-state index in [0.717, 1.165) is 22.8 Å². The van der Waals surface area contributed by atoms with Gasteiger partial charge in [-0.2, -0.15) is 4.57 Å². The summed E-state index contributed by atoms with van der Waals surface area (Å²) in [6, 6.07) is 24.1. The van der Waals surface area contributed by atoms with Crippen molar-refractivity contribution in [2.45, 2.75) is 0 Å². The fourth-order valence-corrected chi connectivity index (χ4v) is 3.23. The maximum Gasteiger partial charge on any atom is 0.336 e. The number of hydrogen-bond acceptors (Lipinski definition) is 2. The quantitative estimate of drug-likeness (QED) is 0.421. The van der Waals surface area contributed by atoms with Crippen molar-refractivity contribution in [3.05, 3.63) is 83.8 Å². The molecule has 0 unspecified atom stereocenters. The van der Waals surface area contributed by atoms with Crippen molar-refractivity contribution in [1.82, 2.24) is 9.20 Å². The second kappa shape index (κ2) is 5.94. The molecule has 0 N–H and O–H groups in total. The monoisotopic (exact) mass is 334 g/mol. The minimum Gasteiger partial charge on any atom is -0.497 e. The molecule has 0 fully saturated rings. The predicted molar refractivity (Wildman–Crippen MR) is 95.6 cm³/mol. The van der Waals surface area contributed by atoms with Gasteiger partial charge >= 0.3 is 4.77 Å². The van der Waals surface area contributed by atoms with Crippen molar-refractivity contribution in [3.63, 3.8) is 0 Å². The van der Waals surface area contributed by atoms with Crippen LogP contribution in [0.3, 0.4) is 0 Å². The van der Waals surface area contributed by atoms with Crippen LogP contribution in [0, 0.1) is 4.77 Å². The normalized spacial score (nSPS) is 10.9. The van der Waals surface area contributed by atoms with Crippen molar-refractivity contribution in [2.24, 2.45) is 0 Å². The Labute approximate surface area is 144 Å². The standard InChI is InChI=1S/C19H16N3OS/c1-23-17-12-10-16(11-13-17)22-19(24)21(15-7-3-2-4-8-15)18-9-5-6-14-20(18)22/h2-14H,1H3/q+1. The van der Waals surface area contributed by atoms with E-state index < -0.39 is 0 Å². The summed E-state index contributed by atoms with van der Waals surface area (Å²) in [6.45, 7) is 0. The lowest BCUT2D eigenvalue weighted by Crippen LogP contribution is -2.31. The Morgan fingerprint density at radius 2 is 1.58 bits per heavy atom. The minimum absolute atomic E-state index is 0.706. The first-order chi connectivity index (χ1) is 11.8. The smallest absolute Gasteiger partial charge is 0.336 e. The molecule has 4 rings (SSSR count). The molecule has 0 atom stereocenters. The molecule has 0 saturated carbocycles. The number of aromatic nitrogens is 3. The Morgan fingerprint density at radius 3 is 2.29 bits per heavy atom. The van der Waals surface area contributed by atoms with E-state index in [0.29, 0.717) is 4.77 Å². The summed E-state index contributed by atoms with van der Waals surface area (Å²) in [5, 5.41) is 0. The molecule has 4 nitrogen and oxygen atoms in total. The molecule has 0 bridgehead atoms. The van der Waals surface area contributed by atoms with Crippen molar-refractivity contribution < 1.29 is 9.30 Å². The average Bonchev–Trinajstić information content (AvgIpc) is 2.94. The van der Waals surface area contributed by atoms with Gasteiger partial charge in [0.25, 0.3) is 5.65 Å². The van der Waals surface area contributed by atoms with Crippen LogP contribution in [0.4, 0.5) is 0 Å². The molecule has 2 aromatic carbocycles. The summed E-state index contributed by atoms with van der Waals surface area (Å²) < 4.78 is 12.1. The SMILES string of the molecule is COc1ccc(-n2c(=S)[n+](-c3ccccc3)c3ccccn32)cc1. The third-order valence-corrected chi connectivity index (χ3v) is 4.32. The highest BCUT2D eigenvalue weighted by atomic mass is 32.1. The predicted octanol–water partition coefficient (Wildman–Crippen LogP) is 3.74. The van der Waals surface area contributed by atoms with Crippen LogP contribution in [0.25, 0.3) is 17.0 Å². The largest absolute Gasteiger partial charge is 0.497 e. The molecule has 2 heterocycles. The molecule has 0 aliphatic heterocycles. The second-order valence-electron chi connectivity index (χ2n) is 5.37. The van der Waals surface area contributed by atoms with Gasteiger partial charge in [0.15, 0.2) is 0 Å². The van der Waals surface area contributed by atoms with Gasteiger partial charge in [0.1, 0.15) is 23.3 Å². The van der Waals surface area contributed by atoms with Crippen molar-refractivity contribution in [1.29, 1.82) is 0 Å². The lowest BCUT2D eigenvalue weighted by atomic mass is 10.3. The number of nitrogens with zero attached hydrogens (tertiary/aromatic N) is 3. The van der Waals surface area contributed by atoms with Gasteiger partial charge in [-0.25, -0.2) is 0 Å². The van der Waals surface area contributed by atoms with E-state index in [-0.39, 0.29) is 0 Å². The van der Waals surface area contributed by atoms with E-state index >= 15 is 0 Å². The molecule has 118 valence electrons. The zero-order valence-electron chi connectivity index (χ0n) is 13.2. The van der Waals surface area contributed by atoms with E-state index in [4.69, 9.17) is 17.0 Å². The molecule has 2 aromatic heterocycles. The van der Waals surface area contributed by atoms with Crippen LogP contribution in [-0.4, -0.2) is 16.3 Å². The summed E-state index contributed by atoms with van der Waals surface area (Å²) in [5.74, 6) is 0.821. The lowest BCUT2D eigenvalue weighted by Gasteiger charge is -2.00. The molecule has 0 aliphatic rings. The van der Waals surface area contributed by atoms with Crippen LogP contribution < -0.4 is 9.30 Å². The molecule has 0 radical (unpaired) electrons. The first-order valence-corrected chi connectivity index (χ1v) is 8.05. The van der Waals surface area contributed by atoms with Gasteiger partial charge in [0.05, 0.1) is 7.11 Å². The number of rotatable bonds is 3. The third-order valence-electron chi connectivity index (χ3n) is 3.97.